The monoisotopic (exact) mass is 168 g/mol. The number of aliphatic hydroxyl groups excluding tert-OH is 1. The van der Waals surface area contributed by atoms with Gasteiger partial charge in [0, 0.05) is 0 Å². The highest BCUT2D eigenvalue weighted by Gasteiger charge is 2.59. The molecule has 68 valence electrons. The Bertz CT molecular complexity index is 224. The van der Waals surface area contributed by atoms with Crippen LogP contribution < -0.4 is 0 Å². The van der Waals surface area contributed by atoms with E-state index in [-0.39, 0.29) is 17.8 Å². The van der Waals surface area contributed by atoms with Crippen LogP contribution in [-0.2, 0) is 4.74 Å². The van der Waals surface area contributed by atoms with E-state index in [1.807, 2.05) is 6.92 Å². The average molecular weight is 168 g/mol. The van der Waals surface area contributed by atoms with Crippen molar-refractivity contribution in [3.8, 4) is 0 Å². The lowest BCUT2D eigenvalue weighted by Crippen LogP contribution is -2.33. The molecule has 2 fully saturated rings. The third-order valence-corrected chi connectivity index (χ3v) is 3.16. The number of rotatable bonds is 1. The molecule has 1 N–H and O–H groups in total. The second kappa shape index (κ2) is 2.33. The van der Waals surface area contributed by atoms with Crippen LogP contribution in [0.3, 0.4) is 0 Å². The van der Waals surface area contributed by atoms with Crippen molar-refractivity contribution in [3.05, 3.63) is 12.2 Å². The summed E-state index contributed by atoms with van der Waals surface area (Å²) in [7, 11) is 0. The van der Waals surface area contributed by atoms with Crippen LogP contribution in [0.2, 0.25) is 0 Å². The second-order valence-electron chi connectivity index (χ2n) is 4.40. The maximum absolute atomic E-state index is 9.64. The van der Waals surface area contributed by atoms with E-state index in [0.717, 1.165) is 12.8 Å². The fourth-order valence-corrected chi connectivity index (χ4v) is 2.27. The van der Waals surface area contributed by atoms with E-state index < -0.39 is 0 Å². The van der Waals surface area contributed by atoms with Gasteiger partial charge in [-0.05, 0) is 32.6 Å². The summed E-state index contributed by atoms with van der Waals surface area (Å²) in [5.74, 6) is 0.448. The maximum atomic E-state index is 9.64. The average Bonchev–Trinajstić information content (AvgIpc) is 2.61. The summed E-state index contributed by atoms with van der Waals surface area (Å²) in [6.45, 7) is 8.04. The van der Waals surface area contributed by atoms with E-state index in [4.69, 9.17) is 4.74 Å². The molecule has 2 rings (SSSR count). The minimum Gasteiger partial charge on any atom is -0.390 e. The Balaban J connectivity index is 2.09. The van der Waals surface area contributed by atoms with Crippen LogP contribution in [0.25, 0.3) is 0 Å². The fraction of sp³-hybridized carbons (Fsp3) is 0.800. The van der Waals surface area contributed by atoms with Crippen molar-refractivity contribution in [1.82, 2.24) is 0 Å². The van der Waals surface area contributed by atoms with Gasteiger partial charge in [-0.1, -0.05) is 12.2 Å². The summed E-state index contributed by atoms with van der Waals surface area (Å²) in [6, 6.07) is 0. The molecular formula is C10H16O2. The zero-order valence-electron chi connectivity index (χ0n) is 7.71. The largest absolute Gasteiger partial charge is 0.390 e. The summed E-state index contributed by atoms with van der Waals surface area (Å²) in [4.78, 5) is 0. The van der Waals surface area contributed by atoms with E-state index in [2.05, 4.69) is 13.5 Å². The molecule has 0 radical (unpaired) electrons. The highest BCUT2D eigenvalue weighted by atomic mass is 16.6. The van der Waals surface area contributed by atoms with Gasteiger partial charge in [0.05, 0.1) is 11.7 Å². The molecule has 1 saturated carbocycles. The van der Waals surface area contributed by atoms with E-state index in [1.165, 1.54) is 5.57 Å². The number of allylic oxidation sites excluding steroid dienone is 1. The topological polar surface area (TPSA) is 32.8 Å². The first-order valence-corrected chi connectivity index (χ1v) is 4.54. The number of aliphatic hydroxyl groups is 1. The van der Waals surface area contributed by atoms with Gasteiger partial charge >= 0.3 is 0 Å². The van der Waals surface area contributed by atoms with E-state index >= 15 is 0 Å². The third kappa shape index (κ3) is 1.10. The summed E-state index contributed by atoms with van der Waals surface area (Å²) in [5, 5.41) is 9.64. The van der Waals surface area contributed by atoms with Crippen LogP contribution in [0.4, 0.5) is 0 Å². The lowest BCUT2D eigenvalue weighted by Gasteiger charge is -2.26. The standard InChI is InChI=1S/C10H16O2/c1-6(2)7-4-8(11)9-10(3,5-7)12-9/h7-9,11H,1,4-5H2,2-3H3/t7-,8+,9-,10-/m1/s1. The summed E-state index contributed by atoms with van der Waals surface area (Å²) in [6.07, 6.45) is 1.69. The summed E-state index contributed by atoms with van der Waals surface area (Å²) >= 11 is 0. The number of hydrogen-bond donors (Lipinski definition) is 1. The molecule has 2 nitrogen and oxygen atoms in total. The molecule has 0 bridgehead atoms. The van der Waals surface area contributed by atoms with Gasteiger partial charge in [0.1, 0.15) is 6.10 Å². The number of fused-ring (bicyclic) bond motifs is 1. The van der Waals surface area contributed by atoms with Gasteiger partial charge in [-0.25, -0.2) is 0 Å². The van der Waals surface area contributed by atoms with Crippen LogP contribution in [0.15, 0.2) is 12.2 Å². The van der Waals surface area contributed by atoms with Crippen molar-refractivity contribution < 1.29 is 9.84 Å². The first-order chi connectivity index (χ1) is 5.53. The van der Waals surface area contributed by atoms with Crippen LogP contribution >= 0.6 is 0 Å². The summed E-state index contributed by atoms with van der Waals surface area (Å²) < 4.78 is 5.47. The Hall–Kier alpha value is -0.340. The number of ether oxygens (including phenoxy) is 1. The smallest absolute Gasteiger partial charge is 0.113 e. The number of epoxide rings is 1. The molecule has 1 aliphatic heterocycles. The number of hydrogen-bond acceptors (Lipinski definition) is 2. The van der Waals surface area contributed by atoms with Gasteiger partial charge in [-0.2, -0.15) is 0 Å². The van der Waals surface area contributed by atoms with Crippen molar-refractivity contribution >= 4 is 0 Å². The van der Waals surface area contributed by atoms with E-state index in [0.29, 0.717) is 5.92 Å². The molecule has 0 unspecified atom stereocenters. The van der Waals surface area contributed by atoms with Crippen LogP contribution in [-0.4, -0.2) is 22.9 Å². The molecule has 0 aromatic heterocycles. The Labute approximate surface area is 73.2 Å². The Kier molecular flexibility index (Phi) is 1.61. The second-order valence-corrected chi connectivity index (χ2v) is 4.40. The first-order valence-electron chi connectivity index (χ1n) is 4.54. The van der Waals surface area contributed by atoms with Crippen molar-refractivity contribution in [2.75, 3.05) is 0 Å². The van der Waals surface area contributed by atoms with Gasteiger partial charge in [0.15, 0.2) is 0 Å². The van der Waals surface area contributed by atoms with Crippen molar-refractivity contribution in [2.45, 2.75) is 44.5 Å². The van der Waals surface area contributed by atoms with Gasteiger partial charge in [-0.15, -0.1) is 0 Å². The molecule has 1 heterocycles. The molecular weight excluding hydrogens is 152 g/mol. The highest BCUT2D eigenvalue weighted by Crippen LogP contribution is 2.50. The van der Waals surface area contributed by atoms with Crippen LogP contribution in [0.1, 0.15) is 26.7 Å². The lowest BCUT2D eigenvalue weighted by atomic mass is 9.78. The SMILES string of the molecule is C=C(C)[C@@H]1C[C@H](O)[C@H]2O[C@]2(C)C1. The molecule has 2 heteroatoms. The lowest BCUT2D eigenvalue weighted by molar-refractivity contribution is 0.109. The maximum Gasteiger partial charge on any atom is 0.113 e. The van der Waals surface area contributed by atoms with Crippen molar-refractivity contribution in [3.63, 3.8) is 0 Å². The fourth-order valence-electron chi connectivity index (χ4n) is 2.27. The molecule has 1 aliphatic carbocycles. The third-order valence-electron chi connectivity index (χ3n) is 3.16. The molecule has 0 spiro atoms. The predicted molar refractivity (Wildman–Crippen MR) is 46.8 cm³/mol. The molecule has 4 atom stereocenters. The van der Waals surface area contributed by atoms with Crippen molar-refractivity contribution in [2.24, 2.45) is 5.92 Å². The molecule has 2 aliphatic rings. The van der Waals surface area contributed by atoms with Gasteiger partial charge in [0.25, 0.3) is 0 Å². The minimum atomic E-state index is -0.273. The van der Waals surface area contributed by atoms with Gasteiger partial charge in [-0.3, -0.25) is 0 Å². The van der Waals surface area contributed by atoms with E-state index in [1.54, 1.807) is 0 Å². The quantitative estimate of drug-likeness (QED) is 0.475. The molecule has 0 amide bonds. The molecule has 0 aromatic rings. The zero-order valence-corrected chi connectivity index (χ0v) is 7.71. The van der Waals surface area contributed by atoms with Crippen molar-refractivity contribution in [1.29, 1.82) is 0 Å². The molecule has 0 aromatic carbocycles. The van der Waals surface area contributed by atoms with Gasteiger partial charge in [0.2, 0.25) is 0 Å². The Morgan fingerprint density at radius 3 is 2.83 bits per heavy atom. The Morgan fingerprint density at radius 2 is 2.33 bits per heavy atom. The Morgan fingerprint density at radius 1 is 1.67 bits per heavy atom. The minimum absolute atomic E-state index is 0.0404. The van der Waals surface area contributed by atoms with Crippen LogP contribution in [0, 0.1) is 5.92 Å². The molecule has 1 saturated heterocycles. The van der Waals surface area contributed by atoms with Gasteiger partial charge < -0.3 is 9.84 Å². The predicted octanol–water partition coefficient (Wildman–Crippen LogP) is 1.49. The normalized spacial score (nSPS) is 51.4. The summed E-state index contributed by atoms with van der Waals surface area (Å²) in [5.41, 5.74) is 1.13. The van der Waals surface area contributed by atoms with Crippen LogP contribution in [0.5, 0.6) is 0 Å². The first kappa shape index (κ1) is 8.27. The van der Waals surface area contributed by atoms with E-state index in [9.17, 15) is 5.11 Å². The highest BCUT2D eigenvalue weighted by molar-refractivity contribution is 5.13. The molecule has 12 heavy (non-hydrogen) atoms. The zero-order chi connectivity index (χ0) is 8.93.